The number of hydrogen-bond donors (Lipinski definition) is 2. The Hall–Kier alpha value is -2.91. The van der Waals surface area contributed by atoms with E-state index in [2.05, 4.69) is 11.9 Å². The Bertz CT molecular complexity index is 1210. The molecular weight excluding hydrogens is 427 g/mol. The molecule has 9 heteroatoms. The van der Waals surface area contributed by atoms with Gasteiger partial charge in [-0.1, -0.05) is 13.3 Å². The molecule has 4 aromatic rings. The van der Waals surface area contributed by atoms with Gasteiger partial charge in [0.1, 0.15) is 10.3 Å². The van der Waals surface area contributed by atoms with Gasteiger partial charge in [0, 0.05) is 23.2 Å². The second kappa shape index (κ2) is 9.07. The number of alkyl halides is 3. The van der Waals surface area contributed by atoms with Crippen molar-refractivity contribution >= 4 is 38.5 Å². The number of aliphatic hydroxyl groups is 1. The van der Waals surface area contributed by atoms with E-state index in [-0.39, 0.29) is 0 Å². The summed E-state index contributed by atoms with van der Waals surface area (Å²) in [5, 5.41) is 9.62. The molecular formula is C22H22F3N3O2S. The predicted octanol–water partition coefficient (Wildman–Crippen LogP) is 5.45. The van der Waals surface area contributed by atoms with Crippen LogP contribution in [0, 0.1) is 6.92 Å². The van der Waals surface area contributed by atoms with Crippen molar-refractivity contribution in [3.05, 3.63) is 58.6 Å². The van der Waals surface area contributed by atoms with Gasteiger partial charge < -0.3 is 10.8 Å². The molecule has 0 saturated carbocycles. The van der Waals surface area contributed by atoms with Gasteiger partial charge in [-0.15, -0.1) is 11.3 Å². The van der Waals surface area contributed by atoms with E-state index in [4.69, 9.17) is 10.8 Å². The molecule has 2 heterocycles. The number of nitrogens with zero attached hydrogens (tertiary/aromatic N) is 2. The van der Waals surface area contributed by atoms with Crippen LogP contribution < -0.4 is 5.73 Å². The maximum Gasteiger partial charge on any atom is 0.416 e. The largest absolute Gasteiger partial charge is 0.416 e. The van der Waals surface area contributed by atoms with Gasteiger partial charge in [0.05, 0.1) is 16.1 Å². The number of nitrogens with two attached hydrogens (primary N) is 1. The molecule has 31 heavy (non-hydrogen) atoms. The van der Waals surface area contributed by atoms with Gasteiger partial charge in [-0.25, -0.2) is 4.98 Å². The minimum absolute atomic E-state index is 0.344. The molecule has 5 nitrogen and oxygen atoms in total. The van der Waals surface area contributed by atoms with Crippen molar-refractivity contribution in [2.45, 2.75) is 32.9 Å². The highest BCUT2D eigenvalue weighted by molar-refractivity contribution is 7.18. The van der Waals surface area contributed by atoms with Crippen LogP contribution >= 0.6 is 11.3 Å². The minimum atomic E-state index is -4.38. The average molecular weight is 449 g/mol. The number of unbranched alkanes of at least 4 members (excludes halogenated alkanes) is 1. The Kier molecular flexibility index (Phi) is 6.66. The predicted molar refractivity (Wildman–Crippen MR) is 117 cm³/mol. The van der Waals surface area contributed by atoms with Gasteiger partial charge in [-0.05, 0) is 55.8 Å². The van der Waals surface area contributed by atoms with Crippen LogP contribution in [0.15, 0.2) is 42.5 Å². The zero-order valence-corrected chi connectivity index (χ0v) is 17.8. The molecule has 0 saturated heterocycles. The summed E-state index contributed by atoms with van der Waals surface area (Å²) in [5.74, 6) is -0.547. The Labute approximate surface area is 180 Å². The van der Waals surface area contributed by atoms with Crippen LogP contribution in [0.1, 0.15) is 40.7 Å². The Balaban J connectivity index is 0.000000491. The van der Waals surface area contributed by atoms with E-state index in [0.29, 0.717) is 23.4 Å². The van der Waals surface area contributed by atoms with Gasteiger partial charge in [0.25, 0.3) is 0 Å². The van der Waals surface area contributed by atoms with Gasteiger partial charge >= 0.3 is 6.18 Å². The van der Waals surface area contributed by atoms with Crippen molar-refractivity contribution in [2.24, 2.45) is 5.73 Å². The van der Waals surface area contributed by atoms with Crippen LogP contribution in [0.4, 0.5) is 13.2 Å². The fourth-order valence-corrected chi connectivity index (χ4v) is 4.10. The van der Waals surface area contributed by atoms with E-state index in [1.807, 2.05) is 11.5 Å². The topological polar surface area (TPSA) is 81.1 Å². The zero-order chi connectivity index (χ0) is 22.8. The third-order valence-corrected chi connectivity index (χ3v) is 5.62. The molecule has 2 aromatic heterocycles. The number of halogens is 3. The molecule has 2 aromatic carbocycles. The second-order valence-corrected chi connectivity index (χ2v) is 8.12. The molecule has 3 N–H and O–H groups in total. The fourth-order valence-electron chi connectivity index (χ4n) is 3.14. The Morgan fingerprint density at radius 3 is 2.39 bits per heavy atom. The van der Waals surface area contributed by atoms with E-state index in [1.165, 1.54) is 23.5 Å². The zero-order valence-electron chi connectivity index (χ0n) is 17.0. The molecule has 4 rings (SSSR count). The summed E-state index contributed by atoms with van der Waals surface area (Å²) in [6.45, 7) is 4.25. The van der Waals surface area contributed by atoms with Crippen LogP contribution in [0.3, 0.4) is 0 Å². The SMILES string of the molecule is CCCCO.Cc1nc2c3cc(C(N)=O)ccc3n(-c3ccc(C(F)(F)F)cc3)c2s1. The van der Waals surface area contributed by atoms with Crippen molar-refractivity contribution in [1.29, 1.82) is 0 Å². The van der Waals surface area contributed by atoms with Crippen molar-refractivity contribution in [1.82, 2.24) is 9.55 Å². The lowest BCUT2D eigenvalue weighted by atomic mass is 10.1. The van der Waals surface area contributed by atoms with Gasteiger partial charge in [-0.2, -0.15) is 13.2 Å². The number of hydrogen-bond acceptors (Lipinski definition) is 4. The highest BCUT2D eigenvalue weighted by atomic mass is 32.1. The number of rotatable bonds is 4. The first-order valence-corrected chi connectivity index (χ1v) is 10.5. The van der Waals surface area contributed by atoms with Gasteiger partial charge in [0.15, 0.2) is 0 Å². The molecule has 0 bridgehead atoms. The maximum atomic E-state index is 12.8. The summed E-state index contributed by atoms with van der Waals surface area (Å²) < 4.78 is 40.3. The van der Waals surface area contributed by atoms with E-state index in [0.717, 1.165) is 45.7 Å². The van der Waals surface area contributed by atoms with E-state index in [9.17, 15) is 18.0 Å². The highest BCUT2D eigenvalue weighted by Crippen LogP contribution is 2.36. The van der Waals surface area contributed by atoms with Gasteiger partial charge in [0.2, 0.25) is 5.91 Å². The van der Waals surface area contributed by atoms with Crippen LogP contribution in [0.5, 0.6) is 0 Å². The van der Waals surface area contributed by atoms with Crippen molar-refractivity contribution in [3.8, 4) is 5.69 Å². The number of aryl methyl sites for hydroxylation is 1. The smallest absolute Gasteiger partial charge is 0.396 e. The van der Waals surface area contributed by atoms with Crippen molar-refractivity contribution in [2.75, 3.05) is 6.61 Å². The second-order valence-electron chi connectivity index (χ2n) is 6.94. The number of primary amides is 1. The fraction of sp³-hybridized carbons (Fsp3) is 0.273. The standard InChI is InChI=1S/C18H12F3N3OS.C4H10O/c1-9-23-15-13-8-10(16(22)25)2-7-14(13)24(17(15)26-9)12-5-3-11(4-6-12)18(19,20)21;1-2-3-4-5/h2-8H,1H3,(H2,22,25);5H,2-4H2,1H3. The monoisotopic (exact) mass is 449 g/mol. The van der Waals surface area contributed by atoms with Crippen LogP contribution in [0.2, 0.25) is 0 Å². The number of carbonyl (C=O) groups is 1. The van der Waals surface area contributed by atoms with Crippen LogP contribution in [-0.2, 0) is 6.18 Å². The molecule has 0 radical (unpaired) electrons. The van der Waals surface area contributed by atoms with E-state index in [1.54, 1.807) is 18.2 Å². The molecule has 0 aliphatic heterocycles. The van der Waals surface area contributed by atoms with Crippen LogP contribution in [-0.4, -0.2) is 27.2 Å². The lowest BCUT2D eigenvalue weighted by Crippen LogP contribution is -2.10. The lowest BCUT2D eigenvalue weighted by Gasteiger charge is -2.10. The summed E-state index contributed by atoms with van der Waals surface area (Å²) in [5.41, 5.74) is 7.06. The van der Waals surface area contributed by atoms with Crippen LogP contribution in [0.25, 0.3) is 26.9 Å². The molecule has 0 aliphatic carbocycles. The minimum Gasteiger partial charge on any atom is -0.396 e. The molecule has 0 unspecified atom stereocenters. The summed E-state index contributed by atoms with van der Waals surface area (Å²) in [6.07, 6.45) is -2.35. The number of aromatic nitrogens is 2. The summed E-state index contributed by atoms with van der Waals surface area (Å²) in [7, 11) is 0. The van der Waals surface area contributed by atoms with Crippen molar-refractivity contribution < 1.29 is 23.1 Å². The first-order valence-electron chi connectivity index (χ1n) is 9.67. The number of benzene rings is 2. The Morgan fingerprint density at radius 1 is 1.19 bits per heavy atom. The first kappa shape index (κ1) is 22.8. The first-order chi connectivity index (χ1) is 14.7. The Morgan fingerprint density at radius 2 is 1.87 bits per heavy atom. The molecule has 0 fully saturated rings. The molecule has 0 spiro atoms. The summed E-state index contributed by atoms with van der Waals surface area (Å²) in [4.78, 5) is 16.8. The number of thiazole rings is 1. The van der Waals surface area contributed by atoms with Crippen molar-refractivity contribution in [3.63, 3.8) is 0 Å². The quantitative estimate of drug-likeness (QED) is 0.435. The molecule has 164 valence electrons. The summed E-state index contributed by atoms with van der Waals surface area (Å²) >= 11 is 1.44. The third-order valence-electron chi connectivity index (χ3n) is 4.66. The highest BCUT2D eigenvalue weighted by Gasteiger charge is 2.30. The number of fused-ring (bicyclic) bond motifs is 3. The maximum absolute atomic E-state index is 12.8. The number of carbonyl (C=O) groups excluding carboxylic acids is 1. The third kappa shape index (κ3) is 4.72. The lowest BCUT2D eigenvalue weighted by molar-refractivity contribution is -0.137. The van der Waals surface area contributed by atoms with E-state index < -0.39 is 17.6 Å². The average Bonchev–Trinajstić information content (AvgIpc) is 3.23. The number of amides is 1. The van der Waals surface area contributed by atoms with E-state index >= 15 is 0 Å². The van der Waals surface area contributed by atoms with Gasteiger partial charge in [-0.3, -0.25) is 9.36 Å². The summed E-state index contributed by atoms with van der Waals surface area (Å²) in [6, 6.07) is 9.97. The molecule has 0 aliphatic rings. The molecule has 0 atom stereocenters. The normalized spacial score (nSPS) is 11.5. The molecule has 1 amide bonds. The number of aliphatic hydroxyl groups excluding tert-OH is 1.